The molecule has 0 bridgehead atoms. The molecule has 0 aliphatic heterocycles. The zero-order chi connectivity index (χ0) is 19.6. The third-order valence-corrected chi connectivity index (χ3v) is 4.05. The summed E-state index contributed by atoms with van der Waals surface area (Å²) >= 11 is 0. The molecule has 3 rings (SSSR count). The van der Waals surface area contributed by atoms with Gasteiger partial charge in [-0.1, -0.05) is 12.1 Å². The molecule has 2 aromatic heterocycles. The summed E-state index contributed by atoms with van der Waals surface area (Å²) < 4.78 is 40.0. The summed E-state index contributed by atoms with van der Waals surface area (Å²) in [5, 5.41) is 6.82. The average molecular weight is 374 g/mol. The summed E-state index contributed by atoms with van der Waals surface area (Å²) in [6.07, 6.45) is -3.10. The summed E-state index contributed by atoms with van der Waals surface area (Å²) in [5.41, 5.74) is 1.76. The van der Waals surface area contributed by atoms with Crippen LogP contribution in [0.1, 0.15) is 33.0 Å². The number of nitrogens with zero attached hydrogens (tertiary/aromatic N) is 3. The fourth-order valence-corrected chi connectivity index (χ4v) is 2.67. The zero-order valence-corrected chi connectivity index (χ0v) is 14.7. The van der Waals surface area contributed by atoms with E-state index in [1.165, 1.54) is 23.0 Å². The minimum Gasteiger partial charge on any atom is -0.346 e. The number of pyridine rings is 1. The first-order chi connectivity index (χ1) is 12.8. The zero-order valence-electron chi connectivity index (χ0n) is 14.7. The number of carbonyl (C=O) groups is 1. The molecule has 0 saturated carbocycles. The van der Waals surface area contributed by atoms with Crippen molar-refractivity contribution in [3.05, 3.63) is 76.9 Å². The van der Waals surface area contributed by atoms with Crippen LogP contribution in [0.2, 0.25) is 0 Å². The van der Waals surface area contributed by atoms with E-state index < -0.39 is 11.7 Å². The maximum absolute atomic E-state index is 12.9. The van der Waals surface area contributed by atoms with E-state index in [-0.39, 0.29) is 18.1 Å². The number of nitrogens with one attached hydrogen (secondary N) is 1. The Hall–Kier alpha value is -3.16. The molecule has 0 fully saturated rings. The predicted octanol–water partition coefficient (Wildman–Crippen LogP) is 3.83. The Bertz CT molecular complexity index is 979. The van der Waals surface area contributed by atoms with Crippen LogP contribution in [0.25, 0.3) is 5.69 Å². The van der Waals surface area contributed by atoms with Gasteiger partial charge in [-0.2, -0.15) is 18.3 Å². The highest BCUT2D eigenvalue weighted by Gasteiger charge is 2.30. The van der Waals surface area contributed by atoms with E-state index >= 15 is 0 Å². The van der Waals surface area contributed by atoms with Gasteiger partial charge in [0.05, 0.1) is 40.9 Å². The Labute approximate surface area is 153 Å². The summed E-state index contributed by atoms with van der Waals surface area (Å²) in [4.78, 5) is 16.7. The van der Waals surface area contributed by atoms with E-state index in [1.54, 1.807) is 13.0 Å². The molecule has 0 aliphatic carbocycles. The first-order valence-electron chi connectivity index (χ1n) is 8.18. The molecule has 5 nitrogen and oxygen atoms in total. The van der Waals surface area contributed by atoms with Crippen LogP contribution in [0.15, 0.2) is 48.7 Å². The van der Waals surface area contributed by atoms with E-state index in [4.69, 9.17) is 0 Å². The van der Waals surface area contributed by atoms with Crippen LogP contribution in [0.4, 0.5) is 13.2 Å². The monoisotopic (exact) mass is 374 g/mol. The number of amides is 1. The molecule has 1 amide bonds. The first kappa shape index (κ1) is 18.6. The van der Waals surface area contributed by atoms with Gasteiger partial charge in [-0.25, -0.2) is 4.68 Å². The molecule has 140 valence electrons. The lowest BCUT2D eigenvalue weighted by atomic mass is 10.2. The molecule has 0 aliphatic rings. The van der Waals surface area contributed by atoms with Gasteiger partial charge < -0.3 is 5.32 Å². The molecule has 8 heteroatoms. The van der Waals surface area contributed by atoms with E-state index in [9.17, 15) is 18.0 Å². The Morgan fingerprint density at radius 1 is 1.15 bits per heavy atom. The standard InChI is InChI=1S/C19H17F3N4O/c1-12-5-3-7-15(25-12)10-23-18(27)17-11-24-26(13(17)2)16-8-4-6-14(9-16)19(20,21)22/h3-9,11H,10H2,1-2H3,(H,23,27). The summed E-state index contributed by atoms with van der Waals surface area (Å²) in [5.74, 6) is -0.367. The number of aryl methyl sites for hydroxylation is 1. The average Bonchev–Trinajstić information content (AvgIpc) is 3.01. The number of hydrogen-bond donors (Lipinski definition) is 1. The van der Waals surface area contributed by atoms with Crippen molar-refractivity contribution < 1.29 is 18.0 Å². The lowest BCUT2D eigenvalue weighted by molar-refractivity contribution is -0.137. The molecular weight excluding hydrogens is 357 g/mol. The highest BCUT2D eigenvalue weighted by atomic mass is 19.4. The van der Waals surface area contributed by atoms with Gasteiger partial charge in [0, 0.05) is 5.69 Å². The molecule has 0 saturated heterocycles. The molecule has 3 aromatic rings. The third kappa shape index (κ3) is 4.16. The number of carbonyl (C=O) groups excluding carboxylic acids is 1. The van der Waals surface area contributed by atoms with Crippen LogP contribution in [0.3, 0.4) is 0 Å². The van der Waals surface area contributed by atoms with Crippen molar-refractivity contribution in [2.45, 2.75) is 26.6 Å². The normalized spacial score (nSPS) is 11.4. The van der Waals surface area contributed by atoms with E-state index in [2.05, 4.69) is 15.4 Å². The van der Waals surface area contributed by atoms with E-state index in [0.29, 0.717) is 17.0 Å². The van der Waals surface area contributed by atoms with Gasteiger partial charge in [-0.15, -0.1) is 0 Å². The number of rotatable bonds is 4. The highest BCUT2D eigenvalue weighted by molar-refractivity contribution is 5.95. The van der Waals surface area contributed by atoms with Crippen molar-refractivity contribution in [2.24, 2.45) is 0 Å². The molecule has 0 radical (unpaired) electrons. The Morgan fingerprint density at radius 3 is 2.59 bits per heavy atom. The molecule has 1 N–H and O–H groups in total. The van der Waals surface area contributed by atoms with Gasteiger partial charge in [0.1, 0.15) is 0 Å². The van der Waals surface area contributed by atoms with Gasteiger partial charge >= 0.3 is 6.18 Å². The minimum atomic E-state index is -4.45. The molecule has 0 spiro atoms. The first-order valence-corrected chi connectivity index (χ1v) is 8.18. The van der Waals surface area contributed by atoms with Gasteiger partial charge in [-0.3, -0.25) is 9.78 Å². The maximum atomic E-state index is 12.9. The molecule has 0 unspecified atom stereocenters. The summed E-state index contributed by atoms with van der Waals surface area (Å²) in [6.45, 7) is 3.73. The molecule has 2 heterocycles. The van der Waals surface area contributed by atoms with Crippen LogP contribution in [0, 0.1) is 13.8 Å². The van der Waals surface area contributed by atoms with Crippen molar-refractivity contribution in [3.8, 4) is 5.69 Å². The van der Waals surface area contributed by atoms with Crippen molar-refractivity contribution in [3.63, 3.8) is 0 Å². The Morgan fingerprint density at radius 2 is 1.89 bits per heavy atom. The SMILES string of the molecule is Cc1cccc(CNC(=O)c2cnn(-c3cccc(C(F)(F)F)c3)c2C)n1. The van der Waals surface area contributed by atoms with Gasteiger partial charge in [0.15, 0.2) is 0 Å². The Balaban J connectivity index is 1.80. The second-order valence-electron chi connectivity index (χ2n) is 6.06. The van der Waals surface area contributed by atoms with Crippen molar-refractivity contribution >= 4 is 5.91 Å². The predicted molar refractivity (Wildman–Crippen MR) is 93.4 cm³/mol. The minimum absolute atomic E-state index is 0.238. The van der Waals surface area contributed by atoms with Crippen LogP contribution in [-0.2, 0) is 12.7 Å². The lowest BCUT2D eigenvalue weighted by Gasteiger charge is -2.10. The van der Waals surface area contributed by atoms with Gasteiger partial charge in [0.2, 0.25) is 0 Å². The van der Waals surface area contributed by atoms with E-state index in [0.717, 1.165) is 17.8 Å². The second-order valence-corrected chi connectivity index (χ2v) is 6.06. The number of alkyl halides is 3. The van der Waals surface area contributed by atoms with Crippen LogP contribution >= 0.6 is 0 Å². The third-order valence-electron chi connectivity index (χ3n) is 4.05. The summed E-state index contributed by atoms with van der Waals surface area (Å²) in [7, 11) is 0. The summed E-state index contributed by atoms with van der Waals surface area (Å²) in [6, 6.07) is 10.3. The number of benzene rings is 1. The smallest absolute Gasteiger partial charge is 0.346 e. The van der Waals surface area contributed by atoms with Gasteiger partial charge in [-0.05, 0) is 44.2 Å². The molecular formula is C19H17F3N4O. The largest absolute Gasteiger partial charge is 0.416 e. The highest BCUT2D eigenvalue weighted by Crippen LogP contribution is 2.30. The number of aromatic nitrogens is 3. The van der Waals surface area contributed by atoms with Crippen molar-refractivity contribution in [1.82, 2.24) is 20.1 Å². The Kier molecular flexibility index (Phi) is 4.98. The fraction of sp³-hybridized carbons (Fsp3) is 0.211. The van der Waals surface area contributed by atoms with E-state index in [1.807, 2.05) is 19.1 Å². The fourth-order valence-electron chi connectivity index (χ4n) is 2.67. The second kappa shape index (κ2) is 7.22. The van der Waals surface area contributed by atoms with Crippen molar-refractivity contribution in [1.29, 1.82) is 0 Å². The molecule has 27 heavy (non-hydrogen) atoms. The van der Waals surface area contributed by atoms with Crippen LogP contribution < -0.4 is 5.32 Å². The van der Waals surface area contributed by atoms with Gasteiger partial charge in [0.25, 0.3) is 5.91 Å². The topological polar surface area (TPSA) is 59.8 Å². The number of halogens is 3. The van der Waals surface area contributed by atoms with Crippen molar-refractivity contribution in [2.75, 3.05) is 0 Å². The maximum Gasteiger partial charge on any atom is 0.416 e. The quantitative estimate of drug-likeness (QED) is 0.755. The molecule has 0 atom stereocenters. The number of hydrogen-bond acceptors (Lipinski definition) is 3. The van der Waals surface area contributed by atoms with Crippen LogP contribution in [0.5, 0.6) is 0 Å². The lowest BCUT2D eigenvalue weighted by Crippen LogP contribution is -2.24. The molecule has 1 aromatic carbocycles. The van der Waals surface area contributed by atoms with Crippen LogP contribution in [-0.4, -0.2) is 20.7 Å².